The van der Waals surface area contributed by atoms with E-state index in [1.807, 2.05) is 0 Å². The van der Waals surface area contributed by atoms with Crippen molar-refractivity contribution >= 4 is 33.7 Å². The van der Waals surface area contributed by atoms with Gasteiger partial charge in [0.2, 0.25) is 22.8 Å². The molecule has 6 aliphatic rings. The SMILES string of the molecule is C1=CC2=[N+]3C1=C(c1ccccc1)c1ccc4n1C31n3c(ccc3=C(c3ccccc3)C3=[N+]1C(=C4c1ccccc1)C=C3)=C2c1ccccc1.CN.CN.CN.CN. The molecule has 6 aromatic rings. The summed E-state index contributed by atoms with van der Waals surface area (Å²) in [6, 6.07) is 53.1. The molecule has 2 aromatic heterocycles. The van der Waals surface area contributed by atoms with Crippen molar-refractivity contribution in [2.24, 2.45) is 22.9 Å². The van der Waals surface area contributed by atoms with Crippen molar-refractivity contribution in [3.8, 4) is 0 Å². The second kappa shape index (κ2) is 15.1. The molecule has 6 aliphatic heterocycles. The number of rotatable bonds is 4. The van der Waals surface area contributed by atoms with Gasteiger partial charge in [0, 0.05) is 24.3 Å². The van der Waals surface area contributed by atoms with E-state index in [1.54, 1.807) is 0 Å². The van der Waals surface area contributed by atoms with Crippen molar-refractivity contribution in [2.45, 2.75) is 5.91 Å². The van der Waals surface area contributed by atoms with Crippen LogP contribution in [0.15, 0.2) is 181 Å². The highest BCUT2D eigenvalue weighted by Crippen LogP contribution is 2.52. The van der Waals surface area contributed by atoms with Crippen LogP contribution in [0.3, 0.4) is 0 Å². The van der Waals surface area contributed by atoms with Crippen LogP contribution in [0.25, 0.3) is 22.3 Å². The molecule has 8 N–H and O–H groups in total. The molecule has 8 heterocycles. The maximum absolute atomic E-state index is 4.50. The van der Waals surface area contributed by atoms with Gasteiger partial charge in [-0.2, -0.15) is 9.13 Å². The summed E-state index contributed by atoms with van der Waals surface area (Å²) in [5, 5.41) is 2.43. The third-order valence-corrected chi connectivity index (χ3v) is 11.0. The number of hydrogen-bond acceptors (Lipinski definition) is 4. The zero-order valence-corrected chi connectivity index (χ0v) is 32.8. The third kappa shape index (κ3) is 4.95. The predicted molar refractivity (Wildman–Crippen MR) is 234 cm³/mol. The number of hydrogen-bond donors (Lipinski definition) is 4. The van der Waals surface area contributed by atoms with Crippen LogP contribution >= 0.6 is 0 Å². The van der Waals surface area contributed by atoms with Crippen molar-refractivity contribution in [3.05, 3.63) is 226 Å². The summed E-state index contributed by atoms with van der Waals surface area (Å²) in [5.41, 5.74) is 35.1. The smallest absolute Gasteiger partial charge is 0.333 e. The highest BCUT2D eigenvalue weighted by atomic mass is 15.6. The van der Waals surface area contributed by atoms with Crippen molar-refractivity contribution < 1.29 is 9.15 Å². The Morgan fingerprint density at radius 2 is 0.667 bits per heavy atom. The molecule has 0 fully saturated rings. The van der Waals surface area contributed by atoms with Gasteiger partial charge in [-0.1, -0.05) is 130 Å². The van der Waals surface area contributed by atoms with Crippen molar-refractivity contribution in [2.75, 3.05) is 28.2 Å². The van der Waals surface area contributed by atoms with E-state index >= 15 is 0 Å². The first-order valence-electron chi connectivity index (χ1n) is 19.3. The first-order valence-corrected chi connectivity index (χ1v) is 19.3. The highest BCUT2D eigenvalue weighted by Gasteiger charge is 2.72. The van der Waals surface area contributed by atoms with E-state index in [0.29, 0.717) is 0 Å². The fourth-order valence-corrected chi connectivity index (χ4v) is 9.33. The normalized spacial score (nSPS) is 16.1. The Hall–Kier alpha value is -6.68. The monoisotopic (exact) mass is 748 g/mol. The van der Waals surface area contributed by atoms with Gasteiger partial charge in [0.25, 0.3) is 0 Å². The van der Waals surface area contributed by atoms with Crippen LogP contribution in [0.4, 0.5) is 0 Å². The molecular weight excluding hydrogens is 701 g/mol. The van der Waals surface area contributed by atoms with Gasteiger partial charge in [0.05, 0.1) is 44.4 Å². The van der Waals surface area contributed by atoms with Crippen molar-refractivity contribution in [3.63, 3.8) is 0 Å². The van der Waals surface area contributed by atoms with Crippen LogP contribution in [0, 0.1) is 0 Å². The first kappa shape index (κ1) is 37.3. The van der Waals surface area contributed by atoms with Gasteiger partial charge < -0.3 is 22.9 Å². The minimum Gasteiger partial charge on any atom is -0.333 e. The summed E-state index contributed by atoms with van der Waals surface area (Å²) in [6.45, 7) is 0. The lowest BCUT2D eigenvalue weighted by molar-refractivity contribution is -0.834. The van der Waals surface area contributed by atoms with Gasteiger partial charge >= 0.3 is 5.91 Å². The topological polar surface area (TPSA) is 120 Å². The molecule has 0 aliphatic carbocycles. The van der Waals surface area contributed by atoms with Crippen LogP contribution in [0.1, 0.15) is 33.6 Å². The van der Waals surface area contributed by atoms with E-state index in [4.69, 9.17) is 0 Å². The molecule has 0 saturated heterocycles. The van der Waals surface area contributed by atoms with Crippen LogP contribution in [-0.2, 0) is 5.91 Å². The number of nitrogens with zero attached hydrogens (tertiary/aromatic N) is 4. The molecule has 0 unspecified atom stereocenters. The van der Waals surface area contributed by atoms with Gasteiger partial charge in [-0.05, 0) is 74.7 Å². The minimum atomic E-state index is -0.752. The van der Waals surface area contributed by atoms with E-state index in [9.17, 15) is 0 Å². The molecule has 1 spiro atoms. The zero-order chi connectivity index (χ0) is 39.8. The quantitative estimate of drug-likeness (QED) is 0.195. The highest BCUT2D eigenvalue weighted by molar-refractivity contribution is 6.29. The van der Waals surface area contributed by atoms with Gasteiger partial charge in [-0.3, -0.25) is 0 Å². The van der Waals surface area contributed by atoms with E-state index in [0.717, 1.165) is 0 Å². The van der Waals surface area contributed by atoms with Crippen molar-refractivity contribution in [1.82, 2.24) is 9.13 Å². The molecule has 0 amide bonds. The average molecular weight is 749 g/mol. The second-order valence-corrected chi connectivity index (χ2v) is 13.3. The molecule has 12 rings (SSSR count). The lowest BCUT2D eigenvalue weighted by atomic mass is 9.93. The molecule has 57 heavy (non-hydrogen) atoms. The van der Waals surface area contributed by atoms with Crippen LogP contribution in [0.5, 0.6) is 0 Å². The summed E-state index contributed by atoms with van der Waals surface area (Å²) in [5.74, 6) is -0.752. The summed E-state index contributed by atoms with van der Waals surface area (Å²) in [6.07, 6.45) is 9.42. The molecule has 0 saturated carbocycles. The van der Waals surface area contributed by atoms with E-state index in [2.05, 4.69) is 211 Å². The summed E-state index contributed by atoms with van der Waals surface area (Å²) in [7, 11) is 6.00. The number of allylic oxidation sites excluding steroid dienone is 4. The van der Waals surface area contributed by atoms with E-state index in [1.165, 1.54) is 118 Å². The molecule has 8 nitrogen and oxygen atoms in total. The van der Waals surface area contributed by atoms with Crippen LogP contribution in [-0.4, -0.2) is 57.9 Å². The zero-order valence-electron chi connectivity index (χ0n) is 32.8. The molecule has 0 bridgehead atoms. The third-order valence-electron chi connectivity index (χ3n) is 11.0. The Morgan fingerprint density at radius 1 is 0.351 bits per heavy atom. The van der Waals surface area contributed by atoms with Gasteiger partial charge in [-0.25, -0.2) is 0 Å². The Bertz CT molecular complexity index is 2640. The number of nitrogens with two attached hydrogens (primary N) is 4. The fourth-order valence-electron chi connectivity index (χ4n) is 9.33. The van der Waals surface area contributed by atoms with E-state index < -0.39 is 5.91 Å². The second-order valence-electron chi connectivity index (χ2n) is 13.3. The Balaban J connectivity index is 0.000000539. The fraction of sp³-hybridized carbons (Fsp3) is 0.102. The summed E-state index contributed by atoms with van der Waals surface area (Å²) >= 11 is 0. The largest absolute Gasteiger partial charge is 0.553 e. The molecular formula is C49H48N8+2. The molecule has 0 atom stereocenters. The van der Waals surface area contributed by atoms with Crippen LogP contribution < -0.4 is 33.6 Å². The molecule has 282 valence electrons. The summed E-state index contributed by atoms with van der Waals surface area (Å²) in [4.78, 5) is 0. The predicted octanol–water partition coefficient (Wildman–Crippen LogP) is 4.72. The maximum atomic E-state index is 4.50. The Morgan fingerprint density at radius 3 is 1.00 bits per heavy atom. The first-order chi connectivity index (χ1) is 28.4. The number of benzene rings is 4. The summed E-state index contributed by atoms with van der Waals surface area (Å²) < 4.78 is 10.6. The van der Waals surface area contributed by atoms with Gasteiger partial charge in [0.1, 0.15) is 0 Å². The maximum Gasteiger partial charge on any atom is 0.553 e. The van der Waals surface area contributed by atoms with E-state index in [-0.39, 0.29) is 0 Å². The lowest BCUT2D eigenvalue weighted by Crippen LogP contribution is -2.71. The Labute approximate surface area is 333 Å². The standard InChI is InChI=1S/C45H28N4.4CH5N/c1-5-13-29(14-6-1)41-33-21-23-35-42(30-15-7-2-8-16-30)37-25-27-39-44(32-19-11-4-12-20-32)40-28-26-38-43(31-17-9-3-10-18-31)36-24-22-34(41)47(36)45(46(33)35,48(37)39)49(38)40;4*1-2/h1-28H;4*2H2,1H3/q+2;;;;. The van der Waals surface area contributed by atoms with Gasteiger partial charge in [0.15, 0.2) is 0 Å². The van der Waals surface area contributed by atoms with Gasteiger partial charge in [-0.15, -0.1) is 0 Å². The lowest BCUT2D eigenvalue weighted by Gasteiger charge is -2.41. The Kier molecular flexibility index (Phi) is 9.87. The van der Waals surface area contributed by atoms with Crippen LogP contribution in [0.2, 0.25) is 0 Å². The minimum absolute atomic E-state index is 0.752. The average Bonchev–Trinajstić information content (AvgIpc) is 4.14. The number of aromatic nitrogens is 2. The molecule has 4 aromatic carbocycles. The van der Waals surface area contributed by atoms with Crippen molar-refractivity contribution in [1.29, 1.82) is 0 Å². The molecule has 8 heteroatoms. The molecule has 0 radical (unpaired) electrons.